The van der Waals surface area contributed by atoms with Gasteiger partial charge in [0.2, 0.25) is 0 Å². The maximum atomic E-state index is 4.51. The van der Waals surface area contributed by atoms with Crippen LogP contribution in [0.2, 0.25) is 0 Å². The number of halogens is 1. The summed E-state index contributed by atoms with van der Waals surface area (Å²) >= 11 is 3.54. The Hall–Kier alpha value is -0.830. The Morgan fingerprint density at radius 2 is 2.00 bits per heavy atom. The summed E-state index contributed by atoms with van der Waals surface area (Å²) < 4.78 is 1.15. The van der Waals surface area contributed by atoms with E-state index < -0.39 is 0 Å². The summed E-state index contributed by atoms with van der Waals surface area (Å²) in [6.45, 7) is 4.29. The van der Waals surface area contributed by atoms with E-state index in [2.05, 4.69) is 51.2 Å². The van der Waals surface area contributed by atoms with Crippen molar-refractivity contribution in [3.8, 4) is 0 Å². The largest absolute Gasteiger partial charge is 0.297 e. The molecule has 0 spiro atoms. The number of hydrogen-bond acceptors (Lipinski definition) is 2. The zero-order chi connectivity index (χ0) is 11.4. The second-order valence-electron chi connectivity index (χ2n) is 4.27. The fourth-order valence-electron chi connectivity index (χ4n) is 1.83. The van der Waals surface area contributed by atoms with Gasteiger partial charge in [0.1, 0.15) is 0 Å². The Morgan fingerprint density at radius 1 is 1.25 bits per heavy atom. The molecular weight excluding hydrogens is 264 g/mol. The number of piperidine rings is 1. The molecule has 1 aliphatic heterocycles. The molecule has 1 fully saturated rings. The highest BCUT2D eigenvalue weighted by Gasteiger charge is 2.06. The first-order valence-corrected chi connectivity index (χ1v) is 6.60. The summed E-state index contributed by atoms with van der Waals surface area (Å²) in [5, 5.41) is 6.68. The molecule has 1 aromatic rings. The van der Waals surface area contributed by atoms with Gasteiger partial charge >= 0.3 is 0 Å². The van der Waals surface area contributed by atoms with Crippen LogP contribution in [0.4, 0.5) is 0 Å². The van der Waals surface area contributed by atoms with Gasteiger partial charge in [-0.2, -0.15) is 5.10 Å². The molecule has 86 valence electrons. The monoisotopic (exact) mass is 280 g/mol. The summed E-state index contributed by atoms with van der Waals surface area (Å²) in [7, 11) is 0. The third-order valence-electron chi connectivity index (χ3n) is 2.90. The highest BCUT2D eigenvalue weighted by Crippen LogP contribution is 2.16. The van der Waals surface area contributed by atoms with Crippen LogP contribution in [0.25, 0.3) is 0 Å². The highest BCUT2D eigenvalue weighted by molar-refractivity contribution is 9.10. The lowest BCUT2D eigenvalue weighted by Gasteiger charge is -2.23. The first-order chi connectivity index (χ1) is 7.75. The van der Waals surface area contributed by atoms with E-state index in [1.165, 1.54) is 24.8 Å². The molecule has 2 nitrogen and oxygen atoms in total. The van der Waals surface area contributed by atoms with Crippen LogP contribution in [0.3, 0.4) is 0 Å². The molecule has 0 unspecified atom stereocenters. The van der Waals surface area contributed by atoms with Crippen LogP contribution in [0.1, 0.15) is 30.4 Å². The smallest absolute Gasteiger partial charge is 0.0543 e. The summed E-state index contributed by atoms with van der Waals surface area (Å²) in [6, 6.07) is 6.33. The average molecular weight is 281 g/mol. The normalized spacial score (nSPS) is 17.0. The number of rotatable bonds is 2. The third-order valence-corrected chi connectivity index (χ3v) is 3.75. The Kier molecular flexibility index (Phi) is 3.99. The van der Waals surface area contributed by atoms with Gasteiger partial charge in [-0.3, -0.25) is 5.01 Å². The minimum absolute atomic E-state index is 1.10. The van der Waals surface area contributed by atoms with Crippen LogP contribution in [0, 0.1) is 6.92 Å². The van der Waals surface area contributed by atoms with Gasteiger partial charge in [0.05, 0.1) is 6.21 Å². The maximum Gasteiger partial charge on any atom is 0.0543 e. The molecule has 3 heteroatoms. The van der Waals surface area contributed by atoms with Crippen molar-refractivity contribution < 1.29 is 0 Å². The number of nitrogens with zero attached hydrogens (tertiary/aromatic N) is 2. The van der Waals surface area contributed by atoms with Gasteiger partial charge in [-0.05, 0) is 43.4 Å². The van der Waals surface area contributed by atoms with Gasteiger partial charge < -0.3 is 0 Å². The quantitative estimate of drug-likeness (QED) is 0.756. The molecule has 1 heterocycles. The summed E-state index contributed by atoms with van der Waals surface area (Å²) in [4.78, 5) is 0. The van der Waals surface area contributed by atoms with Crippen LogP contribution < -0.4 is 0 Å². The second-order valence-corrected chi connectivity index (χ2v) is 5.12. The van der Waals surface area contributed by atoms with E-state index >= 15 is 0 Å². The van der Waals surface area contributed by atoms with Crippen molar-refractivity contribution in [2.75, 3.05) is 13.1 Å². The third kappa shape index (κ3) is 3.08. The summed E-state index contributed by atoms with van der Waals surface area (Å²) in [6.07, 6.45) is 5.85. The molecule has 0 N–H and O–H groups in total. The molecular formula is C13H17BrN2. The van der Waals surface area contributed by atoms with Crippen molar-refractivity contribution in [3.05, 3.63) is 33.8 Å². The molecule has 0 atom stereocenters. The fraction of sp³-hybridized carbons (Fsp3) is 0.462. The van der Waals surface area contributed by atoms with Gasteiger partial charge in [-0.25, -0.2) is 0 Å². The molecule has 0 bridgehead atoms. The van der Waals surface area contributed by atoms with Crippen LogP contribution in [-0.2, 0) is 0 Å². The molecule has 0 saturated carbocycles. The van der Waals surface area contributed by atoms with Crippen molar-refractivity contribution in [1.82, 2.24) is 5.01 Å². The molecule has 0 radical (unpaired) electrons. The molecule has 16 heavy (non-hydrogen) atoms. The Bertz CT molecular complexity index is 382. The van der Waals surface area contributed by atoms with Gasteiger partial charge in [-0.15, -0.1) is 0 Å². The number of hydrazone groups is 1. The van der Waals surface area contributed by atoms with Crippen LogP contribution in [-0.4, -0.2) is 24.3 Å². The van der Waals surface area contributed by atoms with Crippen molar-refractivity contribution >= 4 is 22.1 Å². The van der Waals surface area contributed by atoms with E-state index in [1.807, 2.05) is 6.21 Å². The number of aryl methyl sites for hydroxylation is 1. The summed E-state index contributed by atoms with van der Waals surface area (Å²) in [5.41, 5.74) is 2.41. The van der Waals surface area contributed by atoms with Crippen molar-refractivity contribution in [3.63, 3.8) is 0 Å². The molecule has 2 rings (SSSR count). The fourth-order valence-corrected chi connectivity index (χ4v) is 2.23. The average Bonchev–Trinajstić information content (AvgIpc) is 2.32. The van der Waals surface area contributed by atoms with E-state index in [1.54, 1.807) is 0 Å². The van der Waals surface area contributed by atoms with E-state index in [0.717, 1.165) is 23.1 Å². The Balaban J connectivity index is 2.02. The molecule has 1 saturated heterocycles. The highest BCUT2D eigenvalue weighted by atomic mass is 79.9. The standard InChI is InChI=1S/C13H17BrN2/c1-11-5-6-12(9-13(11)14)10-15-16-7-3-2-4-8-16/h5-6,9-10H,2-4,7-8H2,1H3. The van der Waals surface area contributed by atoms with Crippen molar-refractivity contribution in [2.24, 2.45) is 5.10 Å². The zero-order valence-electron chi connectivity index (χ0n) is 9.62. The first-order valence-electron chi connectivity index (χ1n) is 5.81. The minimum Gasteiger partial charge on any atom is -0.297 e. The van der Waals surface area contributed by atoms with Crippen LogP contribution in [0.5, 0.6) is 0 Å². The molecule has 0 aliphatic carbocycles. The lowest BCUT2D eigenvalue weighted by Crippen LogP contribution is -2.24. The van der Waals surface area contributed by atoms with E-state index in [0.29, 0.717) is 0 Å². The van der Waals surface area contributed by atoms with Crippen LogP contribution >= 0.6 is 15.9 Å². The Labute approximate surface area is 105 Å². The predicted molar refractivity (Wildman–Crippen MR) is 71.9 cm³/mol. The lowest BCUT2D eigenvalue weighted by atomic mass is 10.1. The molecule has 0 amide bonds. The van der Waals surface area contributed by atoms with Gasteiger partial charge in [0, 0.05) is 17.6 Å². The first kappa shape index (κ1) is 11.6. The molecule has 0 aromatic heterocycles. The van der Waals surface area contributed by atoms with E-state index in [-0.39, 0.29) is 0 Å². The Morgan fingerprint density at radius 3 is 2.69 bits per heavy atom. The minimum atomic E-state index is 1.10. The number of hydrogen-bond donors (Lipinski definition) is 0. The van der Waals surface area contributed by atoms with Crippen molar-refractivity contribution in [1.29, 1.82) is 0 Å². The zero-order valence-corrected chi connectivity index (χ0v) is 11.2. The molecule has 1 aromatic carbocycles. The SMILES string of the molecule is Cc1ccc(C=NN2CCCCC2)cc1Br. The van der Waals surface area contributed by atoms with E-state index in [4.69, 9.17) is 0 Å². The van der Waals surface area contributed by atoms with Gasteiger partial charge in [0.25, 0.3) is 0 Å². The van der Waals surface area contributed by atoms with Crippen molar-refractivity contribution in [2.45, 2.75) is 26.2 Å². The molecule has 1 aliphatic rings. The summed E-state index contributed by atoms with van der Waals surface area (Å²) in [5.74, 6) is 0. The topological polar surface area (TPSA) is 15.6 Å². The van der Waals surface area contributed by atoms with Gasteiger partial charge in [-0.1, -0.05) is 28.1 Å². The maximum absolute atomic E-state index is 4.51. The van der Waals surface area contributed by atoms with Gasteiger partial charge in [0.15, 0.2) is 0 Å². The number of benzene rings is 1. The van der Waals surface area contributed by atoms with Crippen LogP contribution in [0.15, 0.2) is 27.8 Å². The predicted octanol–water partition coefficient (Wildman–Crippen LogP) is 3.58. The van der Waals surface area contributed by atoms with E-state index in [9.17, 15) is 0 Å². The second kappa shape index (κ2) is 5.48. The lowest BCUT2D eigenvalue weighted by molar-refractivity contribution is 0.240.